The van der Waals surface area contributed by atoms with E-state index in [1.807, 2.05) is 6.92 Å². The summed E-state index contributed by atoms with van der Waals surface area (Å²) in [6.45, 7) is 4.92. The lowest BCUT2D eigenvalue weighted by molar-refractivity contribution is -0.121. The summed E-state index contributed by atoms with van der Waals surface area (Å²) in [5.41, 5.74) is 0. The molecule has 2 rings (SSSR count). The zero-order valence-electron chi connectivity index (χ0n) is 16.4. The first kappa shape index (κ1) is 21.7. The van der Waals surface area contributed by atoms with Crippen LogP contribution in [0.4, 0.5) is 0 Å². The molecule has 1 aromatic rings. The Morgan fingerprint density at radius 2 is 1.81 bits per heavy atom. The van der Waals surface area contributed by atoms with Crippen LogP contribution < -0.4 is 10.1 Å². The highest BCUT2D eigenvalue weighted by atomic mass is 32.2. The van der Waals surface area contributed by atoms with Crippen LogP contribution in [-0.2, 0) is 14.8 Å². The molecule has 1 N–H and O–H groups in total. The molecular weight excluding hydrogens is 364 g/mol. The fraction of sp³-hybridized carbons (Fsp3) is 0.650. The fourth-order valence-corrected chi connectivity index (χ4v) is 5.03. The number of nitrogens with one attached hydrogen (secondary N) is 1. The van der Waals surface area contributed by atoms with Gasteiger partial charge in [0.25, 0.3) is 0 Å². The van der Waals surface area contributed by atoms with Crippen molar-refractivity contribution in [1.82, 2.24) is 9.62 Å². The molecule has 0 aromatic heterocycles. The van der Waals surface area contributed by atoms with Gasteiger partial charge in [0.15, 0.2) is 0 Å². The van der Waals surface area contributed by atoms with Crippen molar-refractivity contribution in [3.05, 3.63) is 24.3 Å². The predicted octanol–water partition coefficient (Wildman–Crippen LogP) is 3.33. The van der Waals surface area contributed by atoms with Crippen LogP contribution >= 0.6 is 0 Å². The number of unbranched alkanes of at least 4 members (excludes halogenated alkanes) is 1. The number of hydrogen-bond donors (Lipinski definition) is 1. The molecule has 1 amide bonds. The van der Waals surface area contributed by atoms with E-state index >= 15 is 0 Å². The molecular formula is C20H32N2O4S. The van der Waals surface area contributed by atoms with Gasteiger partial charge in [0, 0.05) is 12.6 Å². The van der Waals surface area contributed by atoms with E-state index in [0.29, 0.717) is 18.9 Å². The first-order valence-electron chi connectivity index (χ1n) is 10.0. The topological polar surface area (TPSA) is 75.7 Å². The smallest absolute Gasteiger partial charge is 0.243 e. The molecule has 1 fully saturated rings. The summed E-state index contributed by atoms with van der Waals surface area (Å²) < 4.78 is 33.3. The predicted molar refractivity (Wildman–Crippen MR) is 106 cm³/mol. The Kier molecular flexibility index (Phi) is 8.57. The van der Waals surface area contributed by atoms with Crippen molar-refractivity contribution in [3.63, 3.8) is 0 Å². The zero-order valence-corrected chi connectivity index (χ0v) is 17.3. The molecule has 0 unspecified atom stereocenters. The molecule has 0 heterocycles. The SMILES string of the molecule is CCCCNC(=O)CN(C1CCCCC1)S(=O)(=O)c1ccc(OCC)cc1. The maximum absolute atomic E-state index is 13.3. The molecule has 0 saturated heterocycles. The van der Waals surface area contributed by atoms with Gasteiger partial charge in [-0.3, -0.25) is 4.79 Å². The summed E-state index contributed by atoms with van der Waals surface area (Å²) >= 11 is 0. The lowest BCUT2D eigenvalue weighted by Gasteiger charge is -2.33. The maximum Gasteiger partial charge on any atom is 0.243 e. The minimum atomic E-state index is -3.74. The highest BCUT2D eigenvalue weighted by molar-refractivity contribution is 7.89. The molecule has 0 radical (unpaired) electrons. The summed E-state index contributed by atoms with van der Waals surface area (Å²) in [6.07, 6.45) is 6.60. The second kappa shape index (κ2) is 10.7. The lowest BCUT2D eigenvalue weighted by Crippen LogP contribution is -2.47. The number of amides is 1. The van der Waals surface area contributed by atoms with Crippen molar-refractivity contribution >= 4 is 15.9 Å². The van der Waals surface area contributed by atoms with Gasteiger partial charge < -0.3 is 10.1 Å². The van der Waals surface area contributed by atoms with Crippen molar-refractivity contribution in [3.8, 4) is 5.75 Å². The highest BCUT2D eigenvalue weighted by Gasteiger charge is 2.33. The molecule has 7 heteroatoms. The number of benzene rings is 1. The number of hydrogen-bond acceptors (Lipinski definition) is 4. The first-order valence-corrected chi connectivity index (χ1v) is 11.4. The van der Waals surface area contributed by atoms with Crippen molar-refractivity contribution in [2.45, 2.75) is 69.7 Å². The minimum absolute atomic E-state index is 0.118. The average Bonchev–Trinajstić information content (AvgIpc) is 2.67. The molecule has 0 atom stereocenters. The van der Waals surface area contributed by atoms with Gasteiger partial charge in [-0.2, -0.15) is 4.31 Å². The molecule has 152 valence electrons. The monoisotopic (exact) mass is 396 g/mol. The van der Waals surface area contributed by atoms with Crippen molar-refractivity contribution < 1.29 is 17.9 Å². The van der Waals surface area contributed by atoms with E-state index in [-0.39, 0.29) is 23.4 Å². The number of ether oxygens (including phenoxy) is 1. The van der Waals surface area contributed by atoms with E-state index in [1.54, 1.807) is 24.3 Å². The van der Waals surface area contributed by atoms with Gasteiger partial charge in [-0.15, -0.1) is 0 Å². The first-order chi connectivity index (χ1) is 13.0. The molecule has 1 aliphatic carbocycles. The summed E-state index contributed by atoms with van der Waals surface area (Å²) in [5, 5.41) is 2.84. The molecule has 1 aliphatic rings. The Hall–Kier alpha value is -1.60. The molecule has 0 spiro atoms. The quantitative estimate of drug-likeness (QED) is 0.616. The van der Waals surface area contributed by atoms with Gasteiger partial charge in [0.05, 0.1) is 18.0 Å². The Morgan fingerprint density at radius 3 is 2.41 bits per heavy atom. The molecule has 1 aromatic carbocycles. The van der Waals surface area contributed by atoms with E-state index in [4.69, 9.17) is 4.74 Å². The van der Waals surface area contributed by atoms with Gasteiger partial charge >= 0.3 is 0 Å². The van der Waals surface area contributed by atoms with Crippen LogP contribution in [0.5, 0.6) is 5.75 Å². The fourth-order valence-electron chi connectivity index (χ4n) is 3.39. The van der Waals surface area contributed by atoms with Crippen LogP contribution in [0.15, 0.2) is 29.2 Å². The van der Waals surface area contributed by atoms with Gasteiger partial charge in [0.2, 0.25) is 15.9 Å². The molecule has 0 bridgehead atoms. The van der Waals surface area contributed by atoms with Crippen LogP contribution in [0, 0.1) is 0 Å². The van der Waals surface area contributed by atoms with E-state index < -0.39 is 10.0 Å². The molecule has 27 heavy (non-hydrogen) atoms. The number of rotatable bonds is 10. The summed E-state index contributed by atoms with van der Waals surface area (Å²) in [7, 11) is -3.74. The molecule has 6 nitrogen and oxygen atoms in total. The van der Waals surface area contributed by atoms with Crippen LogP contribution in [0.1, 0.15) is 58.8 Å². The molecule has 0 aliphatic heterocycles. The van der Waals surface area contributed by atoms with E-state index in [9.17, 15) is 13.2 Å². The van der Waals surface area contributed by atoms with Crippen molar-refractivity contribution in [2.75, 3.05) is 19.7 Å². The second-order valence-corrected chi connectivity index (χ2v) is 8.84. The second-order valence-electron chi connectivity index (χ2n) is 6.95. The lowest BCUT2D eigenvalue weighted by atomic mass is 9.95. The van der Waals surface area contributed by atoms with E-state index in [1.165, 1.54) is 4.31 Å². The molecule has 1 saturated carbocycles. The van der Waals surface area contributed by atoms with Crippen LogP contribution in [0.3, 0.4) is 0 Å². The standard InChI is InChI=1S/C20H32N2O4S/c1-3-5-15-21-20(23)16-22(17-9-7-6-8-10-17)27(24,25)19-13-11-18(12-14-19)26-4-2/h11-14,17H,3-10,15-16H2,1-2H3,(H,21,23). The van der Waals surface area contributed by atoms with Crippen LogP contribution in [0.25, 0.3) is 0 Å². The van der Waals surface area contributed by atoms with Gasteiger partial charge in [-0.25, -0.2) is 8.42 Å². The Balaban J connectivity index is 2.20. The van der Waals surface area contributed by atoms with Crippen molar-refractivity contribution in [2.24, 2.45) is 0 Å². The van der Waals surface area contributed by atoms with Crippen LogP contribution in [0.2, 0.25) is 0 Å². The largest absolute Gasteiger partial charge is 0.494 e. The third kappa shape index (κ3) is 6.21. The summed E-state index contributed by atoms with van der Waals surface area (Å²) in [6, 6.07) is 6.33. The Morgan fingerprint density at radius 1 is 1.15 bits per heavy atom. The zero-order chi connectivity index (χ0) is 19.7. The average molecular weight is 397 g/mol. The number of carbonyl (C=O) groups is 1. The summed E-state index contributed by atoms with van der Waals surface area (Å²) in [5.74, 6) is 0.404. The van der Waals surface area contributed by atoms with Gasteiger partial charge in [-0.05, 0) is 50.5 Å². The highest BCUT2D eigenvalue weighted by Crippen LogP contribution is 2.28. The Bertz CT molecular complexity index is 682. The van der Waals surface area contributed by atoms with Crippen LogP contribution in [-0.4, -0.2) is 44.4 Å². The van der Waals surface area contributed by atoms with E-state index in [0.717, 1.165) is 44.9 Å². The van der Waals surface area contributed by atoms with Crippen molar-refractivity contribution in [1.29, 1.82) is 0 Å². The third-order valence-corrected chi connectivity index (χ3v) is 6.79. The number of sulfonamides is 1. The van der Waals surface area contributed by atoms with E-state index in [2.05, 4.69) is 12.2 Å². The normalized spacial score (nSPS) is 15.7. The number of nitrogens with zero attached hydrogens (tertiary/aromatic N) is 1. The summed E-state index contributed by atoms with van der Waals surface area (Å²) in [4.78, 5) is 12.6. The maximum atomic E-state index is 13.3. The Labute approximate surface area is 163 Å². The number of carbonyl (C=O) groups excluding carboxylic acids is 1. The minimum Gasteiger partial charge on any atom is -0.494 e. The van der Waals surface area contributed by atoms with Gasteiger partial charge in [0.1, 0.15) is 5.75 Å². The third-order valence-electron chi connectivity index (χ3n) is 4.88. The van der Waals surface area contributed by atoms with Gasteiger partial charge in [-0.1, -0.05) is 32.6 Å².